The smallest absolute Gasteiger partial charge is 0.234 e. The van der Waals surface area contributed by atoms with Crippen LogP contribution in [0.4, 0.5) is 0 Å². The Bertz CT molecular complexity index is 253. The van der Waals surface area contributed by atoms with Crippen LogP contribution >= 0.6 is 0 Å². The molecule has 2 N–H and O–H groups in total. The summed E-state index contributed by atoms with van der Waals surface area (Å²) in [5.74, 6) is -0.117. The molecule has 15 heavy (non-hydrogen) atoms. The molecule has 0 aromatic carbocycles. The summed E-state index contributed by atoms with van der Waals surface area (Å²) >= 11 is 0. The zero-order valence-electron chi connectivity index (χ0n) is 9.53. The molecule has 1 aliphatic heterocycles. The van der Waals surface area contributed by atoms with Gasteiger partial charge in [0.1, 0.15) is 5.78 Å². The van der Waals surface area contributed by atoms with Gasteiger partial charge in [0.2, 0.25) is 5.91 Å². The van der Waals surface area contributed by atoms with Gasteiger partial charge in [-0.3, -0.25) is 14.5 Å². The fraction of sp³-hybridized carbons (Fsp3) is 0.818. The Morgan fingerprint density at radius 2 is 2.13 bits per heavy atom. The minimum absolute atomic E-state index is 0.173. The molecule has 0 bridgehead atoms. The van der Waals surface area contributed by atoms with Gasteiger partial charge in [0.15, 0.2) is 0 Å². The Morgan fingerprint density at radius 3 is 2.67 bits per heavy atom. The molecule has 0 aromatic heterocycles. The molecular formula is C11H20N2O2. The van der Waals surface area contributed by atoms with Crippen molar-refractivity contribution in [3.63, 3.8) is 0 Å². The van der Waals surface area contributed by atoms with Gasteiger partial charge in [0.05, 0.1) is 12.1 Å². The van der Waals surface area contributed by atoms with Crippen LogP contribution in [0.25, 0.3) is 0 Å². The van der Waals surface area contributed by atoms with Crippen LogP contribution in [0.2, 0.25) is 0 Å². The van der Waals surface area contributed by atoms with E-state index < -0.39 is 0 Å². The third-order valence-corrected chi connectivity index (χ3v) is 3.18. The van der Waals surface area contributed by atoms with Crippen LogP contribution in [0.5, 0.6) is 0 Å². The largest absolute Gasteiger partial charge is 0.368 e. The molecule has 1 saturated heterocycles. The summed E-state index contributed by atoms with van der Waals surface area (Å²) in [7, 11) is 0. The van der Waals surface area contributed by atoms with Gasteiger partial charge in [0.25, 0.3) is 0 Å². The number of ketones is 1. The molecule has 0 radical (unpaired) electrons. The SMILES string of the molecule is CCC(=O)C(C)N1CCCCC1C(N)=O. The lowest BCUT2D eigenvalue weighted by atomic mass is 9.98. The highest BCUT2D eigenvalue weighted by Crippen LogP contribution is 2.20. The molecular weight excluding hydrogens is 192 g/mol. The molecule has 1 rings (SSSR count). The number of primary amides is 1. The number of nitrogens with zero attached hydrogens (tertiary/aromatic N) is 1. The van der Waals surface area contributed by atoms with E-state index in [0.29, 0.717) is 6.42 Å². The van der Waals surface area contributed by atoms with Crippen molar-refractivity contribution in [2.45, 2.75) is 51.6 Å². The molecule has 1 amide bonds. The summed E-state index contributed by atoms with van der Waals surface area (Å²) in [5.41, 5.74) is 5.35. The van der Waals surface area contributed by atoms with Crippen LogP contribution in [0.3, 0.4) is 0 Å². The molecule has 0 aliphatic carbocycles. The topological polar surface area (TPSA) is 63.4 Å². The lowest BCUT2D eigenvalue weighted by Crippen LogP contribution is -2.53. The van der Waals surface area contributed by atoms with Gasteiger partial charge in [-0.1, -0.05) is 13.3 Å². The Morgan fingerprint density at radius 1 is 1.47 bits per heavy atom. The van der Waals surface area contributed by atoms with E-state index in [1.165, 1.54) is 0 Å². The molecule has 2 atom stereocenters. The Labute approximate surface area is 90.8 Å². The predicted octanol–water partition coefficient (Wildman–Crippen LogP) is 0.694. The lowest BCUT2D eigenvalue weighted by Gasteiger charge is -2.37. The summed E-state index contributed by atoms with van der Waals surface area (Å²) in [4.78, 5) is 24.8. The summed E-state index contributed by atoms with van der Waals surface area (Å²) in [6, 6.07) is -0.419. The number of rotatable bonds is 4. The Kier molecular flexibility index (Phi) is 4.27. The lowest BCUT2D eigenvalue weighted by molar-refractivity contribution is -0.130. The van der Waals surface area contributed by atoms with Gasteiger partial charge < -0.3 is 5.73 Å². The van der Waals surface area contributed by atoms with E-state index in [1.54, 1.807) is 0 Å². The second-order valence-electron chi connectivity index (χ2n) is 4.15. The zero-order valence-corrected chi connectivity index (χ0v) is 9.53. The van der Waals surface area contributed by atoms with Crippen molar-refractivity contribution in [1.82, 2.24) is 4.90 Å². The third-order valence-electron chi connectivity index (χ3n) is 3.18. The summed E-state index contributed by atoms with van der Waals surface area (Å²) in [6.07, 6.45) is 3.38. The number of carbonyl (C=O) groups excluding carboxylic acids is 2. The number of amides is 1. The molecule has 2 unspecified atom stereocenters. The summed E-state index contributed by atoms with van der Waals surface area (Å²) < 4.78 is 0. The Hall–Kier alpha value is -0.900. The molecule has 1 heterocycles. The fourth-order valence-corrected chi connectivity index (χ4v) is 2.20. The van der Waals surface area contributed by atoms with Crippen molar-refractivity contribution in [2.24, 2.45) is 5.73 Å². The predicted molar refractivity (Wildman–Crippen MR) is 58.3 cm³/mol. The van der Waals surface area contributed by atoms with Crippen LogP contribution in [-0.2, 0) is 9.59 Å². The monoisotopic (exact) mass is 212 g/mol. The summed E-state index contributed by atoms with van der Waals surface area (Å²) in [6.45, 7) is 4.52. The highest BCUT2D eigenvalue weighted by atomic mass is 16.1. The van der Waals surface area contributed by atoms with Crippen molar-refractivity contribution in [1.29, 1.82) is 0 Å². The maximum absolute atomic E-state index is 11.6. The molecule has 4 nitrogen and oxygen atoms in total. The molecule has 0 aromatic rings. The van der Waals surface area contributed by atoms with Crippen LogP contribution in [0.15, 0.2) is 0 Å². The molecule has 1 fully saturated rings. The van der Waals surface area contributed by atoms with Crippen molar-refractivity contribution in [2.75, 3.05) is 6.54 Å². The van der Waals surface area contributed by atoms with Gasteiger partial charge in [0, 0.05) is 6.42 Å². The first-order valence-electron chi connectivity index (χ1n) is 5.65. The van der Waals surface area contributed by atoms with E-state index in [1.807, 2.05) is 18.7 Å². The van der Waals surface area contributed by atoms with Crippen molar-refractivity contribution in [3.8, 4) is 0 Å². The zero-order chi connectivity index (χ0) is 11.4. The Balaban J connectivity index is 2.71. The van der Waals surface area contributed by atoms with Crippen molar-refractivity contribution in [3.05, 3.63) is 0 Å². The van der Waals surface area contributed by atoms with E-state index in [4.69, 9.17) is 5.73 Å². The van der Waals surface area contributed by atoms with E-state index in [-0.39, 0.29) is 23.8 Å². The van der Waals surface area contributed by atoms with E-state index in [9.17, 15) is 9.59 Å². The average molecular weight is 212 g/mol. The first-order valence-corrected chi connectivity index (χ1v) is 5.65. The number of carbonyl (C=O) groups is 2. The minimum atomic E-state index is -0.301. The fourth-order valence-electron chi connectivity index (χ4n) is 2.20. The molecule has 0 spiro atoms. The highest BCUT2D eigenvalue weighted by molar-refractivity contribution is 5.85. The van der Waals surface area contributed by atoms with Gasteiger partial charge >= 0.3 is 0 Å². The molecule has 4 heteroatoms. The van der Waals surface area contributed by atoms with Crippen LogP contribution in [-0.4, -0.2) is 35.2 Å². The van der Waals surface area contributed by atoms with Gasteiger partial charge in [-0.25, -0.2) is 0 Å². The number of piperidine rings is 1. The number of hydrogen-bond acceptors (Lipinski definition) is 3. The molecule has 1 aliphatic rings. The van der Waals surface area contributed by atoms with Gasteiger partial charge in [-0.05, 0) is 26.3 Å². The maximum Gasteiger partial charge on any atom is 0.234 e. The minimum Gasteiger partial charge on any atom is -0.368 e. The van der Waals surface area contributed by atoms with Crippen LogP contribution in [0, 0.1) is 0 Å². The van der Waals surface area contributed by atoms with Crippen LogP contribution in [0.1, 0.15) is 39.5 Å². The van der Waals surface area contributed by atoms with Crippen molar-refractivity contribution < 1.29 is 9.59 Å². The molecule has 86 valence electrons. The normalized spacial score (nSPS) is 24.8. The third kappa shape index (κ3) is 2.78. The first kappa shape index (κ1) is 12.2. The second-order valence-corrected chi connectivity index (χ2v) is 4.15. The van der Waals surface area contributed by atoms with E-state index in [0.717, 1.165) is 25.8 Å². The van der Waals surface area contributed by atoms with Gasteiger partial charge in [-0.2, -0.15) is 0 Å². The van der Waals surface area contributed by atoms with E-state index >= 15 is 0 Å². The maximum atomic E-state index is 11.6. The first-order chi connectivity index (χ1) is 7.07. The highest BCUT2D eigenvalue weighted by Gasteiger charge is 2.32. The average Bonchev–Trinajstić information content (AvgIpc) is 2.27. The van der Waals surface area contributed by atoms with Crippen molar-refractivity contribution >= 4 is 11.7 Å². The van der Waals surface area contributed by atoms with Crippen LogP contribution < -0.4 is 5.73 Å². The number of likely N-dealkylation sites (tertiary alicyclic amines) is 1. The number of Topliss-reactive ketones (excluding diaryl/α,β-unsaturated/α-hetero) is 1. The van der Waals surface area contributed by atoms with Gasteiger partial charge in [-0.15, -0.1) is 0 Å². The van der Waals surface area contributed by atoms with E-state index in [2.05, 4.69) is 0 Å². The molecule has 0 saturated carbocycles. The standard InChI is InChI=1S/C11H20N2O2/c1-3-10(14)8(2)13-7-5-4-6-9(13)11(12)15/h8-9H,3-7H2,1-2H3,(H2,12,15). The second kappa shape index (κ2) is 5.26. The number of hydrogen-bond donors (Lipinski definition) is 1. The quantitative estimate of drug-likeness (QED) is 0.746. The summed E-state index contributed by atoms with van der Waals surface area (Å²) in [5, 5.41) is 0. The number of nitrogens with two attached hydrogens (primary N) is 1.